The average Bonchev–Trinajstić information content (AvgIpc) is 2.36. The number of rotatable bonds is 5. The number of anilines is 1. The molecule has 1 rings (SSSR count). The van der Waals surface area contributed by atoms with Gasteiger partial charge in [-0.3, -0.25) is 0 Å². The van der Waals surface area contributed by atoms with Gasteiger partial charge in [0.2, 0.25) is 0 Å². The normalized spacial score (nSPS) is 13.4. The molecule has 1 aromatic heterocycles. The molecule has 0 aliphatic carbocycles. The zero-order valence-corrected chi connectivity index (χ0v) is 10.3. The van der Waals surface area contributed by atoms with Crippen molar-refractivity contribution in [2.24, 2.45) is 5.92 Å². The van der Waals surface area contributed by atoms with Crippen LogP contribution in [0.3, 0.4) is 0 Å². The molecule has 98 valence electrons. The van der Waals surface area contributed by atoms with Crippen LogP contribution in [0.15, 0.2) is 18.7 Å². The van der Waals surface area contributed by atoms with Crippen molar-refractivity contribution < 1.29 is 14.7 Å². The van der Waals surface area contributed by atoms with Crippen LogP contribution in [0, 0.1) is 5.92 Å². The van der Waals surface area contributed by atoms with Gasteiger partial charge in [-0.25, -0.2) is 19.6 Å². The lowest BCUT2D eigenvalue weighted by atomic mass is 9.99. The Labute approximate surface area is 105 Å². The number of carboxylic acid groups (broad SMARTS) is 1. The van der Waals surface area contributed by atoms with Crippen LogP contribution in [0.5, 0.6) is 0 Å². The molecule has 2 amide bonds. The van der Waals surface area contributed by atoms with Gasteiger partial charge in [-0.15, -0.1) is 0 Å². The highest BCUT2D eigenvalue weighted by molar-refractivity contribution is 5.92. The maximum absolute atomic E-state index is 11.6. The number of aromatic nitrogens is 2. The second-order valence-corrected chi connectivity index (χ2v) is 3.93. The van der Waals surface area contributed by atoms with Gasteiger partial charge in [-0.1, -0.05) is 20.3 Å². The molecular formula is C11H16N4O3. The molecule has 7 heteroatoms. The minimum Gasteiger partial charge on any atom is -0.480 e. The van der Waals surface area contributed by atoms with E-state index in [1.165, 1.54) is 18.7 Å². The quantitative estimate of drug-likeness (QED) is 0.727. The molecule has 0 radical (unpaired) electrons. The van der Waals surface area contributed by atoms with E-state index in [2.05, 4.69) is 20.6 Å². The molecule has 0 aliphatic rings. The Bertz CT molecular complexity index is 410. The molecule has 0 aliphatic heterocycles. The van der Waals surface area contributed by atoms with E-state index in [0.29, 0.717) is 12.1 Å². The summed E-state index contributed by atoms with van der Waals surface area (Å²) in [5.74, 6) is -1.20. The van der Waals surface area contributed by atoms with E-state index >= 15 is 0 Å². The van der Waals surface area contributed by atoms with Crippen molar-refractivity contribution in [3.63, 3.8) is 0 Å². The second kappa shape index (κ2) is 6.53. The predicted molar refractivity (Wildman–Crippen MR) is 65.1 cm³/mol. The molecule has 0 bridgehead atoms. The molecule has 1 heterocycles. The summed E-state index contributed by atoms with van der Waals surface area (Å²) in [4.78, 5) is 30.1. The number of carbonyl (C=O) groups is 2. The monoisotopic (exact) mass is 252 g/mol. The van der Waals surface area contributed by atoms with Crippen LogP contribution in [-0.4, -0.2) is 33.1 Å². The van der Waals surface area contributed by atoms with Crippen LogP contribution in [0.1, 0.15) is 20.3 Å². The molecule has 0 fully saturated rings. The Balaban J connectivity index is 2.60. The number of carbonyl (C=O) groups excluding carboxylic acids is 1. The first kappa shape index (κ1) is 13.9. The van der Waals surface area contributed by atoms with E-state index in [9.17, 15) is 9.59 Å². The van der Waals surface area contributed by atoms with E-state index in [1.54, 1.807) is 6.92 Å². The average molecular weight is 252 g/mol. The molecular weight excluding hydrogens is 236 g/mol. The number of nitrogens with zero attached hydrogens (tertiary/aromatic N) is 2. The summed E-state index contributed by atoms with van der Waals surface area (Å²) in [6.07, 6.45) is 4.84. The minimum absolute atomic E-state index is 0.153. The zero-order valence-electron chi connectivity index (χ0n) is 10.3. The highest BCUT2D eigenvalue weighted by Crippen LogP contribution is 2.08. The van der Waals surface area contributed by atoms with Gasteiger partial charge in [0.25, 0.3) is 0 Å². The fourth-order valence-corrected chi connectivity index (χ4v) is 1.36. The molecule has 0 saturated carbocycles. The summed E-state index contributed by atoms with van der Waals surface area (Å²) in [5, 5.41) is 13.9. The number of hydrogen-bond acceptors (Lipinski definition) is 4. The summed E-state index contributed by atoms with van der Waals surface area (Å²) in [6.45, 7) is 3.63. The third-order valence-electron chi connectivity index (χ3n) is 2.58. The highest BCUT2D eigenvalue weighted by atomic mass is 16.4. The third kappa shape index (κ3) is 4.00. The van der Waals surface area contributed by atoms with Crippen LogP contribution < -0.4 is 10.6 Å². The number of urea groups is 1. The van der Waals surface area contributed by atoms with Gasteiger partial charge in [0, 0.05) is 0 Å². The van der Waals surface area contributed by atoms with E-state index in [4.69, 9.17) is 5.11 Å². The second-order valence-electron chi connectivity index (χ2n) is 3.93. The van der Waals surface area contributed by atoms with Gasteiger partial charge in [0.15, 0.2) is 0 Å². The van der Waals surface area contributed by atoms with E-state index in [1.807, 2.05) is 6.92 Å². The van der Waals surface area contributed by atoms with Crippen molar-refractivity contribution in [1.29, 1.82) is 0 Å². The van der Waals surface area contributed by atoms with Crippen LogP contribution in [0.25, 0.3) is 0 Å². The lowest BCUT2D eigenvalue weighted by molar-refractivity contribution is -0.140. The summed E-state index contributed by atoms with van der Waals surface area (Å²) < 4.78 is 0. The Kier molecular flexibility index (Phi) is 5.04. The summed E-state index contributed by atoms with van der Waals surface area (Å²) in [5.41, 5.74) is 0.406. The summed E-state index contributed by atoms with van der Waals surface area (Å²) >= 11 is 0. The fraction of sp³-hybridized carbons (Fsp3) is 0.455. The van der Waals surface area contributed by atoms with Gasteiger partial charge in [-0.05, 0) is 5.92 Å². The van der Waals surface area contributed by atoms with Crippen molar-refractivity contribution in [2.45, 2.75) is 26.3 Å². The standard InChI is InChI=1S/C11H16N4O3/c1-3-7(2)9(10(16)17)15-11(18)14-8-4-12-6-13-5-8/h4-7,9H,3H2,1-2H3,(H,16,17)(H2,14,15,18). The first-order valence-electron chi connectivity index (χ1n) is 5.60. The Morgan fingerprint density at radius 1 is 1.39 bits per heavy atom. The number of amides is 2. The molecule has 1 aromatic rings. The van der Waals surface area contributed by atoms with Crippen molar-refractivity contribution in [2.75, 3.05) is 5.32 Å². The number of nitrogens with one attached hydrogen (secondary N) is 2. The smallest absolute Gasteiger partial charge is 0.326 e. The van der Waals surface area contributed by atoms with E-state index < -0.39 is 18.0 Å². The highest BCUT2D eigenvalue weighted by Gasteiger charge is 2.25. The number of hydrogen-bond donors (Lipinski definition) is 3. The van der Waals surface area contributed by atoms with Gasteiger partial charge < -0.3 is 15.7 Å². The molecule has 3 N–H and O–H groups in total. The Morgan fingerprint density at radius 3 is 2.50 bits per heavy atom. The SMILES string of the molecule is CCC(C)C(NC(=O)Nc1cncnc1)C(=O)O. The number of carboxylic acids is 1. The lowest BCUT2D eigenvalue weighted by Crippen LogP contribution is -2.46. The molecule has 2 unspecified atom stereocenters. The van der Waals surface area contributed by atoms with Crippen molar-refractivity contribution in [3.8, 4) is 0 Å². The molecule has 0 aromatic carbocycles. The Hall–Kier alpha value is -2.18. The van der Waals surface area contributed by atoms with E-state index in [0.717, 1.165) is 0 Å². The molecule has 0 spiro atoms. The van der Waals surface area contributed by atoms with Crippen LogP contribution in [0.2, 0.25) is 0 Å². The predicted octanol–water partition coefficient (Wildman–Crippen LogP) is 1.10. The van der Waals surface area contributed by atoms with Gasteiger partial charge in [-0.2, -0.15) is 0 Å². The molecule has 7 nitrogen and oxygen atoms in total. The van der Waals surface area contributed by atoms with Crippen LogP contribution in [0.4, 0.5) is 10.5 Å². The topological polar surface area (TPSA) is 104 Å². The zero-order chi connectivity index (χ0) is 13.5. The van der Waals surface area contributed by atoms with Gasteiger partial charge in [0.1, 0.15) is 12.4 Å². The maximum atomic E-state index is 11.6. The number of aliphatic carboxylic acids is 1. The molecule has 2 atom stereocenters. The first-order chi connectivity index (χ1) is 8.54. The molecule has 18 heavy (non-hydrogen) atoms. The van der Waals surface area contributed by atoms with Crippen molar-refractivity contribution in [1.82, 2.24) is 15.3 Å². The fourth-order valence-electron chi connectivity index (χ4n) is 1.36. The third-order valence-corrected chi connectivity index (χ3v) is 2.58. The Morgan fingerprint density at radius 2 is 2.00 bits per heavy atom. The molecule has 0 saturated heterocycles. The lowest BCUT2D eigenvalue weighted by Gasteiger charge is -2.20. The first-order valence-corrected chi connectivity index (χ1v) is 5.60. The minimum atomic E-state index is -1.05. The van der Waals surface area contributed by atoms with E-state index in [-0.39, 0.29) is 5.92 Å². The van der Waals surface area contributed by atoms with Crippen molar-refractivity contribution in [3.05, 3.63) is 18.7 Å². The van der Waals surface area contributed by atoms with Crippen molar-refractivity contribution >= 4 is 17.7 Å². The van der Waals surface area contributed by atoms with Gasteiger partial charge >= 0.3 is 12.0 Å². The summed E-state index contributed by atoms with van der Waals surface area (Å²) in [6, 6.07) is -1.50. The summed E-state index contributed by atoms with van der Waals surface area (Å²) in [7, 11) is 0. The largest absolute Gasteiger partial charge is 0.480 e. The van der Waals surface area contributed by atoms with Gasteiger partial charge in [0.05, 0.1) is 18.1 Å². The van der Waals surface area contributed by atoms with Crippen LogP contribution in [-0.2, 0) is 4.79 Å². The maximum Gasteiger partial charge on any atom is 0.326 e. The van der Waals surface area contributed by atoms with Crippen LogP contribution >= 0.6 is 0 Å².